The van der Waals surface area contributed by atoms with E-state index in [4.69, 9.17) is 0 Å². The van der Waals surface area contributed by atoms with Crippen molar-refractivity contribution in [2.45, 2.75) is 0 Å². The Bertz CT molecular complexity index is 1100. The molecule has 5 nitrogen and oxygen atoms in total. The molecule has 0 saturated carbocycles. The molecule has 0 aromatic heterocycles. The second kappa shape index (κ2) is 9.31. The van der Waals surface area contributed by atoms with Crippen molar-refractivity contribution in [2.75, 3.05) is 36.4 Å². The van der Waals surface area contributed by atoms with Crippen LogP contribution >= 0.6 is 15.9 Å². The molecule has 4 rings (SSSR count). The summed E-state index contributed by atoms with van der Waals surface area (Å²) in [7, 11) is 0. The lowest BCUT2D eigenvalue weighted by Gasteiger charge is -2.36. The Balaban J connectivity index is 1.35. The fourth-order valence-corrected chi connectivity index (χ4v) is 4.04. The van der Waals surface area contributed by atoms with Crippen LogP contribution in [0.2, 0.25) is 0 Å². The summed E-state index contributed by atoms with van der Waals surface area (Å²) in [5.74, 6) is -0.946. The number of hydrogen-bond acceptors (Lipinski definition) is 3. The number of nitrogens with zero attached hydrogens (tertiary/aromatic N) is 2. The van der Waals surface area contributed by atoms with Crippen molar-refractivity contribution < 1.29 is 14.0 Å². The number of piperazine rings is 1. The van der Waals surface area contributed by atoms with Crippen molar-refractivity contribution in [3.8, 4) is 0 Å². The highest BCUT2D eigenvalue weighted by Gasteiger charge is 2.24. The largest absolute Gasteiger partial charge is 0.368 e. The van der Waals surface area contributed by atoms with Gasteiger partial charge in [-0.3, -0.25) is 9.59 Å². The zero-order valence-corrected chi connectivity index (χ0v) is 18.3. The molecule has 158 valence electrons. The first-order valence-corrected chi connectivity index (χ1v) is 10.8. The van der Waals surface area contributed by atoms with E-state index in [0.29, 0.717) is 37.4 Å². The standard InChI is InChI=1S/C24H21BrFN3O2/c25-21-7-3-1-5-19(21)23(30)27-17-9-11-18(12-10-17)28-13-15-29(16-14-28)24(31)20-6-2-4-8-22(20)26/h1-12H,13-16H2,(H,27,30). The molecule has 3 aromatic rings. The maximum atomic E-state index is 13.9. The van der Waals surface area contributed by atoms with E-state index in [9.17, 15) is 14.0 Å². The van der Waals surface area contributed by atoms with Crippen molar-refractivity contribution in [3.63, 3.8) is 0 Å². The third kappa shape index (κ3) is 4.77. The fourth-order valence-electron chi connectivity index (χ4n) is 3.57. The zero-order chi connectivity index (χ0) is 21.8. The number of nitrogens with one attached hydrogen (secondary N) is 1. The molecule has 0 spiro atoms. The maximum absolute atomic E-state index is 13.9. The van der Waals surface area contributed by atoms with Gasteiger partial charge in [-0.05, 0) is 64.5 Å². The number of halogens is 2. The van der Waals surface area contributed by atoms with Crippen LogP contribution in [0.25, 0.3) is 0 Å². The summed E-state index contributed by atoms with van der Waals surface area (Å²) in [5, 5.41) is 2.90. The Morgan fingerprint density at radius 2 is 1.42 bits per heavy atom. The van der Waals surface area contributed by atoms with E-state index < -0.39 is 5.82 Å². The predicted octanol–water partition coefficient (Wildman–Crippen LogP) is 4.80. The number of rotatable bonds is 4. The van der Waals surface area contributed by atoms with Gasteiger partial charge in [0.25, 0.3) is 11.8 Å². The molecular formula is C24H21BrFN3O2. The molecule has 1 aliphatic rings. The lowest BCUT2D eigenvalue weighted by molar-refractivity contribution is 0.0742. The minimum atomic E-state index is -0.491. The first-order valence-electron chi connectivity index (χ1n) is 9.97. The van der Waals surface area contributed by atoms with E-state index in [1.165, 1.54) is 12.1 Å². The van der Waals surface area contributed by atoms with Crippen LogP contribution in [0.15, 0.2) is 77.3 Å². The number of hydrogen-bond donors (Lipinski definition) is 1. The minimum Gasteiger partial charge on any atom is -0.368 e. The monoisotopic (exact) mass is 481 g/mol. The second-order valence-corrected chi connectivity index (χ2v) is 8.09. The highest BCUT2D eigenvalue weighted by Crippen LogP contribution is 2.22. The van der Waals surface area contributed by atoms with Gasteiger partial charge in [-0.2, -0.15) is 0 Å². The van der Waals surface area contributed by atoms with Crippen LogP contribution in [0, 0.1) is 5.82 Å². The number of carbonyl (C=O) groups is 2. The average Bonchev–Trinajstić information content (AvgIpc) is 2.80. The Morgan fingerprint density at radius 3 is 2.06 bits per heavy atom. The molecule has 0 radical (unpaired) electrons. The number of amides is 2. The molecule has 1 heterocycles. The van der Waals surface area contributed by atoms with E-state index >= 15 is 0 Å². The molecule has 0 atom stereocenters. The average molecular weight is 482 g/mol. The Hall–Kier alpha value is -3.19. The van der Waals surface area contributed by atoms with Crippen molar-refractivity contribution >= 4 is 39.1 Å². The molecule has 2 amide bonds. The SMILES string of the molecule is O=C(Nc1ccc(N2CCN(C(=O)c3ccccc3F)CC2)cc1)c1ccccc1Br. The van der Waals surface area contributed by atoms with Gasteiger partial charge in [-0.15, -0.1) is 0 Å². The lowest BCUT2D eigenvalue weighted by Crippen LogP contribution is -2.49. The van der Waals surface area contributed by atoms with E-state index in [1.807, 2.05) is 42.5 Å². The van der Waals surface area contributed by atoms with E-state index in [2.05, 4.69) is 26.1 Å². The fraction of sp³-hybridized carbons (Fsp3) is 0.167. The van der Waals surface area contributed by atoms with Crippen molar-refractivity contribution in [1.82, 2.24) is 4.90 Å². The summed E-state index contributed by atoms with van der Waals surface area (Å²) in [6, 6.07) is 21.0. The number of benzene rings is 3. The molecule has 0 aliphatic carbocycles. The van der Waals surface area contributed by atoms with Crippen LogP contribution < -0.4 is 10.2 Å². The molecule has 1 fully saturated rings. The molecular weight excluding hydrogens is 461 g/mol. The second-order valence-electron chi connectivity index (χ2n) is 7.24. The van der Waals surface area contributed by atoms with E-state index in [0.717, 1.165) is 10.2 Å². The number of anilines is 2. The Morgan fingerprint density at radius 1 is 0.806 bits per heavy atom. The molecule has 3 aromatic carbocycles. The lowest BCUT2D eigenvalue weighted by atomic mass is 10.1. The van der Waals surface area contributed by atoms with E-state index in [-0.39, 0.29) is 17.4 Å². The van der Waals surface area contributed by atoms with Gasteiger partial charge in [-0.1, -0.05) is 24.3 Å². The van der Waals surface area contributed by atoms with Crippen LogP contribution in [0.3, 0.4) is 0 Å². The van der Waals surface area contributed by atoms with Gasteiger partial charge in [0, 0.05) is 42.0 Å². The summed E-state index contributed by atoms with van der Waals surface area (Å²) in [6.07, 6.45) is 0. The quantitative estimate of drug-likeness (QED) is 0.581. The third-order valence-electron chi connectivity index (χ3n) is 5.28. The third-order valence-corrected chi connectivity index (χ3v) is 5.97. The van der Waals surface area contributed by atoms with Crippen LogP contribution in [-0.4, -0.2) is 42.9 Å². The van der Waals surface area contributed by atoms with Gasteiger partial charge in [0.1, 0.15) is 5.82 Å². The van der Waals surface area contributed by atoms with Gasteiger partial charge in [0.15, 0.2) is 0 Å². The normalized spacial score (nSPS) is 13.7. The first-order chi connectivity index (χ1) is 15.0. The van der Waals surface area contributed by atoms with Crippen molar-refractivity contribution in [2.24, 2.45) is 0 Å². The van der Waals surface area contributed by atoms with Gasteiger partial charge < -0.3 is 15.1 Å². The predicted molar refractivity (Wildman–Crippen MR) is 123 cm³/mol. The summed E-state index contributed by atoms with van der Waals surface area (Å²) < 4.78 is 14.6. The molecule has 0 bridgehead atoms. The summed E-state index contributed by atoms with van der Waals surface area (Å²) in [5.41, 5.74) is 2.40. The summed E-state index contributed by atoms with van der Waals surface area (Å²) >= 11 is 3.39. The Labute approximate surface area is 188 Å². The smallest absolute Gasteiger partial charge is 0.256 e. The summed E-state index contributed by atoms with van der Waals surface area (Å²) in [4.78, 5) is 28.9. The highest BCUT2D eigenvalue weighted by molar-refractivity contribution is 9.10. The van der Waals surface area contributed by atoms with Gasteiger partial charge in [0.2, 0.25) is 0 Å². The van der Waals surface area contributed by atoms with Gasteiger partial charge in [-0.25, -0.2) is 4.39 Å². The molecule has 1 N–H and O–H groups in total. The molecule has 1 aliphatic heterocycles. The van der Waals surface area contributed by atoms with Crippen molar-refractivity contribution in [1.29, 1.82) is 0 Å². The minimum absolute atomic E-state index is 0.112. The molecule has 31 heavy (non-hydrogen) atoms. The van der Waals surface area contributed by atoms with Crippen LogP contribution in [0.5, 0.6) is 0 Å². The Kier molecular flexibility index (Phi) is 6.32. The summed E-state index contributed by atoms with van der Waals surface area (Å²) in [6.45, 7) is 2.35. The topological polar surface area (TPSA) is 52.7 Å². The van der Waals surface area contributed by atoms with Gasteiger partial charge in [0.05, 0.1) is 11.1 Å². The first kappa shape index (κ1) is 21.1. The molecule has 1 saturated heterocycles. The molecule has 7 heteroatoms. The van der Waals surface area contributed by atoms with Crippen molar-refractivity contribution in [3.05, 3.63) is 94.2 Å². The maximum Gasteiger partial charge on any atom is 0.256 e. The van der Waals surface area contributed by atoms with E-state index in [1.54, 1.807) is 23.1 Å². The van der Waals surface area contributed by atoms with Crippen LogP contribution in [0.1, 0.15) is 20.7 Å². The zero-order valence-electron chi connectivity index (χ0n) is 16.7. The highest BCUT2D eigenvalue weighted by atomic mass is 79.9. The van der Waals surface area contributed by atoms with Gasteiger partial charge >= 0.3 is 0 Å². The molecule has 0 unspecified atom stereocenters. The van der Waals surface area contributed by atoms with Crippen LogP contribution in [0.4, 0.5) is 15.8 Å². The number of carbonyl (C=O) groups excluding carboxylic acids is 2. The van der Waals surface area contributed by atoms with Crippen LogP contribution in [-0.2, 0) is 0 Å².